The molecule has 0 radical (unpaired) electrons. The largest absolute Gasteiger partial charge is 0.497 e. The van der Waals surface area contributed by atoms with Crippen LogP contribution in [0.5, 0.6) is 5.75 Å². The van der Waals surface area contributed by atoms with E-state index in [1.807, 2.05) is 59.5 Å². The zero-order valence-corrected chi connectivity index (χ0v) is 23.5. The summed E-state index contributed by atoms with van der Waals surface area (Å²) < 4.78 is 15.9. The summed E-state index contributed by atoms with van der Waals surface area (Å²) >= 11 is 0. The Morgan fingerprint density at radius 1 is 0.850 bits per heavy atom. The highest BCUT2D eigenvalue weighted by Crippen LogP contribution is 2.16. The summed E-state index contributed by atoms with van der Waals surface area (Å²) in [5.74, 6) is 0.154. The van der Waals surface area contributed by atoms with Gasteiger partial charge in [-0.05, 0) is 36.1 Å². The first-order valence-electron chi connectivity index (χ1n) is 13.9. The molecule has 0 N–H and O–H groups in total. The van der Waals surface area contributed by atoms with E-state index >= 15 is 0 Å². The molecule has 0 spiro atoms. The van der Waals surface area contributed by atoms with Crippen LogP contribution >= 0.6 is 0 Å². The Morgan fingerprint density at radius 2 is 1.60 bits per heavy atom. The minimum Gasteiger partial charge on any atom is -0.497 e. The van der Waals surface area contributed by atoms with Crippen molar-refractivity contribution in [2.24, 2.45) is 0 Å². The van der Waals surface area contributed by atoms with Crippen molar-refractivity contribution >= 4 is 23.6 Å². The van der Waals surface area contributed by atoms with Gasteiger partial charge in [0.2, 0.25) is 5.91 Å². The highest BCUT2D eigenvalue weighted by molar-refractivity contribution is 5.81. The van der Waals surface area contributed by atoms with Gasteiger partial charge in [-0.15, -0.1) is 0 Å². The summed E-state index contributed by atoms with van der Waals surface area (Å²) in [6, 6.07) is 16.8. The first kappa shape index (κ1) is 30.8. The van der Waals surface area contributed by atoms with Gasteiger partial charge in [-0.3, -0.25) is 24.1 Å². The molecule has 1 saturated heterocycles. The molecule has 40 heavy (non-hydrogen) atoms. The highest BCUT2D eigenvalue weighted by atomic mass is 16.5. The first-order chi connectivity index (χ1) is 19.4. The number of nitrogens with zero attached hydrogens (tertiary/aromatic N) is 2. The fraction of sp³-hybridized carbons (Fsp3) is 0.484. The van der Waals surface area contributed by atoms with Gasteiger partial charge in [-0.25, -0.2) is 0 Å². The van der Waals surface area contributed by atoms with E-state index in [-0.39, 0.29) is 68.7 Å². The lowest BCUT2D eigenvalue weighted by Gasteiger charge is -2.40. The van der Waals surface area contributed by atoms with E-state index in [4.69, 9.17) is 14.2 Å². The summed E-state index contributed by atoms with van der Waals surface area (Å²) in [6.07, 6.45) is 2.07. The molecular weight excluding hydrogens is 512 g/mol. The summed E-state index contributed by atoms with van der Waals surface area (Å²) in [4.78, 5) is 53.4. The zero-order valence-electron chi connectivity index (χ0n) is 23.5. The van der Waals surface area contributed by atoms with Crippen LogP contribution in [0.15, 0.2) is 54.6 Å². The lowest BCUT2D eigenvalue weighted by atomic mass is 10.1. The van der Waals surface area contributed by atoms with Gasteiger partial charge in [0, 0.05) is 45.3 Å². The van der Waals surface area contributed by atoms with Crippen LogP contribution in [0.1, 0.15) is 50.2 Å². The Labute approximate surface area is 236 Å². The molecule has 1 atom stereocenters. The number of carbonyl (C=O) groups excluding carboxylic acids is 4. The molecule has 216 valence electrons. The number of Topliss-reactive ketones (excluding diaryl/α,β-unsaturated/α-hetero) is 1. The molecule has 1 aliphatic heterocycles. The molecule has 1 aliphatic rings. The Hall–Kier alpha value is -3.72. The maximum atomic E-state index is 12.9. The third kappa shape index (κ3) is 10.4. The molecule has 0 bridgehead atoms. The highest BCUT2D eigenvalue weighted by Gasteiger charge is 2.31. The van der Waals surface area contributed by atoms with Crippen molar-refractivity contribution in [2.75, 3.05) is 39.9 Å². The molecule has 2 aromatic carbocycles. The number of hydrogen-bond donors (Lipinski definition) is 0. The molecular formula is C31H40N2O7. The average Bonchev–Trinajstić information content (AvgIpc) is 2.99. The molecule has 1 fully saturated rings. The van der Waals surface area contributed by atoms with Crippen molar-refractivity contribution in [3.05, 3.63) is 65.7 Å². The molecule has 1 amide bonds. The van der Waals surface area contributed by atoms with Crippen LogP contribution in [-0.2, 0) is 41.7 Å². The number of aryl methyl sites for hydroxylation is 1. The third-order valence-corrected chi connectivity index (χ3v) is 6.93. The summed E-state index contributed by atoms with van der Waals surface area (Å²) in [7, 11) is 1.62. The Morgan fingerprint density at radius 3 is 2.30 bits per heavy atom. The van der Waals surface area contributed by atoms with E-state index < -0.39 is 0 Å². The molecule has 2 aromatic rings. The number of ether oxygens (including phenoxy) is 3. The maximum Gasteiger partial charge on any atom is 0.306 e. The van der Waals surface area contributed by atoms with Crippen molar-refractivity contribution < 1.29 is 33.4 Å². The number of carbonyl (C=O) groups is 4. The lowest BCUT2D eigenvalue weighted by molar-refractivity contribution is -0.147. The van der Waals surface area contributed by atoms with Crippen molar-refractivity contribution in [3.8, 4) is 5.75 Å². The zero-order chi connectivity index (χ0) is 28.7. The fourth-order valence-corrected chi connectivity index (χ4v) is 4.51. The van der Waals surface area contributed by atoms with Crippen molar-refractivity contribution in [1.82, 2.24) is 9.80 Å². The minimum absolute atomic E-state index is 0.0619. The summed E-state index contributed by atoms with van der Waals surface area (Å²) in [5.41, 5.74) is 1.97. The van der Waals surface area contributed by atoms with Crippen LogP contribution in [0.3, 0.4) is 0 Å². The monoisotopic (exact) mass is 552 g/mol. The lowest BCUT2D eigenvalue weighted by Crippen LogP contribution is -2.57. The molecule has 9 heteroatoms. The van der Waals surface area contributed by atoms with Crippen LogP contribution in [-0.4, -0.2) is 79.4 Å². The SMILES string of the molecule is CCC(=O)OCC1CN(C(=O)CCCC(=O)OCc2ccccc2)CCN1CC(=O)CCc1ccc(OC)cc1. The molecule has 1 unspecified atom stereocenters. The standard InChI is InChI=1S/C31H40N2O7/c1-3-30(36)40-23-26-20-33(29(35)10-7-11-31(37)39-22-25-8-5-4-6-9-25)19-18-32(26)21-27(34)15-12-24-13-16-28(38-2)17-14-24/h4-6,8-9,13-14,16-17,26H,3,7,10-12,15,18-23H2,1-2H3. The molecule has 0 aromatic heterocycles. The summed E-state index contributed by atoms with van der Waals surface area (Å²) in [5, 5.41) is 0. The molecule has 0 saturated carbocycles. The number of rotatable bonds is 15. The van der Waals surface area contributed by atoms with Gasteiger partial charge in [0.05, 0.1) is 19.7 Å². The molecule has 1 heterocycles. The van der Waals surface area contributed by atoms with Gasteiger partial charge < -0.3 is 19.1 Å². The Kier molecular flexibility index (Phi) is 12.6. The van der Waals surface area contributed by atoms with E-state index in [0.29, 0.717) is 38.9 Å². The Bertz CT molecular complexity index is 1100. The first-order valence-corrected chi connectivity index (χ1v) is 13.9. The molecule has 9 nitrogen and oxygen atoms in total. The van der Waals surface area contributed by atoms with Gasteiger partial charge in [0.25, 0.3) is 0 Å². The van der Waals surface area contributed by atoms with Gasteiger partial charge in [0.1, 0.15) is 24.7 Å². The Balaban J connectivity index is 1.45. The summed E-state index contributed by atoms with van der Waals surface area (Å²) in [6.45, 7) is 3.64. The van der Waals surface area contributed by atoms with Crippen LogP contribution in [0.25, 0.3) is 0 Å². The normalized spacial score (nSPS) is 15.3. The van der Waals surface area contributed by atoms with Crippen molar-refractivity contribution in [2.45, 2.75) is 58.1 Å². The smallest absolute Gasteiger partial charge is 0.306 e. The average molecular weight is 553 g/mol. The number of benzene rings is 2. The van der Waals surface area contributed by atoms with Crippen molar-refractivity contribution in [1.29, 1.82) is 0 Å². The third-order valence-electron chi connectivity index (χ3n) is 6.93. The topological polar surface area (TPSA) is 102 Å². The molecule has 0 aliphatic carbocycles. The van der Waals surface area contributed by atoms with Gasteiger partial charge >= 0.3 is 11.9 Å². The van der Waals surface area contributed by atoms with E-state index in [0.717, 1.165) is 16.9 Å². The van der Waals surface area contributed by atoms with Gasteiger partial charge in [-0.1, -0.05) is 49.4 Å². The van der Waals surface area contributed by atoms with Gasteiger partial charge in [-0.2, -0.15) is 0 Å². The second kappa shape index (κ2) is 16.4. The van der Waals surface area contributed by atoms with Crippen molar-refractivity contribution in [3.63, 3.8) is 0 Å². The maximum absolute atomic E-state index is 12.9. The van der Waals surface area contributed by atoms with E-state index in [1.165, 1.54) is 0 Å². The fourth-order valence-electron chi connectivity index (χ4n) is 4.51. The van der Waals surface area contributed by atoms with Crippen LogP contribution in [0.4, 0.5) is 0 Å². The van der Waals surface area contributed by atoms with E-state index in [1.54, 1.807) is 18.9 Å². The predicted octanol–water partition coefficient (Wildman–Crippen LogP) is 3.58. The van der Waals surface area contributed by atoms with Crippen LogP contribution in [0.2, 0.25) is 0 Å². The number of methoxy groups -OCH3 is 1. The minimum atomic E-state index is -0.334. The second-order valence-corrected chi connectivity index (χ2v) is 9.89. The van der Waals surface area contributed by atoms with Crippen LogP contribution in [0, 0.1) is 0 Å². The van der Waals surface area contributed by atoms with Crippen LogP contribution < -0.4 is 4.74 Å². The second-order valence-electron chi connectivity index (χ2n) is 9.89. The van der Waals surface area contributed by atoms with E-state index in [9.17, 15) is 19.2 Å². The number of hydrogen-bond acceptors (Lipinski definition) is 8. The number of amides is 1. The van der Waals surface area contributed by atoms with E-state index in [2.05, 4.69) is 0 Å². The quantitative estimate of drug-likeness (QED) is 0.309. The number of ketones is 1. The number of piperazine rings is 1. The predicted molar refractivity (Wildman–Crippen MR) is 150 cm³/mol. The molecule has 3 rings (SSSR count). The van der Waals surface area contributed by atoms with Gasteiger partial charge in [0.15, 0.2) is 0 Å². The number of esters is 2.